The predicted octanol–water partition coefficient (Wildman–Crippen LogP) is 8.22. The number of halogens is 7. The second-order valence-electron chi connectivity index (χ2n) is 15.9. The smallest absolute Gasteiger partial charge is 0.249 e. The van der Waals surface area contributed by atoms with Crippen molar-refractivity contribution in [2.45, 2.75) is 88.9 Å². The van der Waals surface area contributed by atoms with Gasteiger partial charge in [-0.05, 0) is 86.5 Å². The second kappa shape index (κ2) is 18.5. The first kappa shape index (κ1) is 45.0. The largest absolute Gasteiger partial charge is 0.345 e. The van der Waals surface area contributed by atoms with Crippen LogP contribution in [0.5, 0.6) is 0 Å². The summed E-state index contributed by atoms with van der Waals surface area (Å²) in [6.07, 6.45) is 10.5. The lowest BCUT2D eigenvalue weighted by molar-refractivity contribution is -0.121. The number of hydrogen-bond acceptors (Lipinski definition) is 10. The summed E-state index contributed by atoms with van der Waals surface area (Å²) < 4.78 is 80.9. The fraction of sp³-hybridized carbons (Fsp3) is 0.364. The average Bonchev–Trinajstić information content (AvgIpc) is 4.00. The molecule has 4 aliphatic rings. The van der Waals surface area contributed by atoms with Gasteiger partial charge in [0, 0.05) is 62.1 Å². The van der Waals surface area contributed by atoms with Gasteiger partial charge in [-0.15, -0.1) is 0 Å². The summed E-state index contributed by atoms with van der Waals surface area (Å²) in [5.74, 6) is -1.42. The molecule has 2 atom stereocenters. The van der Waals surface area contributed by atoms with Crippen LogP contribution in [0.3, 0.4) is 0 Å². The molecule has 2 aliphatic carbocycles. The first-order valence-corrected chi connectivity index (χ1v) is 21.3. The molecule has 0 spiro atoms. The molecule has 6 heterocycles. The zero-order chi connectivity index (χ0) is 46.3. The number of likely N-dealkylation sites (N-methyl/N-ethyl adjacent to an activating group) is 2. The highest BCUT2D eigenvalue weighted by Gasteiger charge is 2.46. The van der Waals surface area contributed by atoms with Gasteiger partial charge in [-0.3, -0.25) is 14.2 Å². The molecule has 0 radical (unpaired) electrons. The van der Waals surface area contributed by atoms with Crippen LogP contribution in [0.2, 0.25) is 5.28 Å². The molecular formula is C44H43ClF6N12O2. The first-order chi connectivity index (χ1) is 31.2. The molecule has 21 heteroatoms. The molecule has 65 heavy (non-hydrogen) atoms. The van der Waals surface area contributed by atoms with E-state index in [0.717, 1.165) is 24.3 Å². The Hall–Kier alpha value is -6.57. The summed E-state index contributed by atoms with van der Waals surface area (Å²) in [7, 11) is 3.38. The van der Waals surface area contributed by atoms with Gasteiger partial charge in [-0.2, -0.15) is 9.97 Å². The topological polar surface area (TPSA) is 145 Å². The number of aromatic amines is 1. The van der Waals surface area contributed by atoms with Gasteiger partial charge >= 0.3 is 0 Å². The van der Waals surface area contributed by atoms with E-state index in [4.69, 9.17) is 16.6 Å². The van der Waals surface area contributed by atoms with E-state index in [9.17, 15) is 35.9 Å². The highest BCUT2D eigenvalue weighted by Crippen LogP contribution is 2.43. The maximum atomic E-state index is 13.8. The van der Waals surface area contributed by atoms with Crippen molar-refractivity contribution >= 4 is 46.4 Å². The fourth-order valence-electron chi connectivity index (χ4n) is 8.36. The number of fused-ring (bicyclic) bond motifs is 2. The quantitative estimate of drug-likeness (QED) is 0.123. The van der Waals surface area contributed by atoms with Crippen molar-refractivity contribution in [1.82, 2.24) is 39.5 Å². The number of carbonyl (C=O) groups is 2. The fourth-order valence-corrected chi connectivity index (χ4v) is 8.49. The van der Waals surface area contributed by atoms with E-state index in [1.807, 2.05) is 23.6 Å². The van der Waals surface area contributed by atoms with E-state index >= 15 is 0 Å². The number of benzene rings is 2. The van der Waals surface area contributed by atoms with Crippen molar-refractivity contribution < 1.29 is 35.9 Å². The van der Waals surface area contributed by atoms with Crippen LogP contribution in [0.25, 0.3) is 28.7 Å². The molecule has 2 aliphatic heterocycles. The lowest BCUT2D eigenvalue weighted by atomic mass is 9.87. The van der Waals surface area contributed by atoms with Gasteiger partial charge < -0.3 is 24.6 Å². The Balaban J connectivity index is 0.000000148. The Kier molecular flexibility index (Phi) is 12.8. The molecule has 6 aromatic rings. The molecular weight excluding hydrogens is 878 g/mol. The number of nitrogens with zero attached hydrogens (tertiary/aromatic N) is 11. The summed E-state index contributed by atoms with van der Waals surface area (Å²) in [5, 5.41) is 0.141. The van der Waals surface area contributed by atoms with Crippen LogP contribution in [0.1, 0.15) is 52.4 Å². The van der Waals surface area contributed by atoms with Crippen LogP contribution < -0.4 is 19.6 Å². The highest BCUT2D eigenvalue weighted by atomic mass is 35.5. The van der Waals surface area contributed by atoms with Gasteiger partial charge in [-0.25, -0.2) is 46.3 Å². The van der Waals surface area contributed by atoms with Gasteiger partial charge in [0.2, 0.25) is 23.0 Å². The first-order valence-electron chi connectivity index (χ1n) is 20.9. The average molecular weight is 921 g/mol. The van der Waals surface area contributed by atoms with E-state index in [1.54, 1.807) is 54.5 Å². The van der Waals surface area contributed by atoms with Gasteiger partial charge in [0.25, 0.3) is 0 Å². The minimum absolute atomic E-state index is 0.00627. The third kappa shape index (κ3) is 8.70. The van der Waals surface area contributed by atoms with Crippen LogP contribution in [-0.2, 0) is 9.59 Å². The number of alkyl halides is 2. The van der Waals surface area contributed by atoms with Crippen molar-refractivity contribution in [2.75, 3.05) is 33.7 Å². The molecule has 1 N–H and O–H groups in total. The molecule has 4 aromatic heterocycles. The van der Waals surface area contributed by atoms with Crippen molar-refractivity contribution in [3.8, 4) is 28.7 Å². The molecule has 10 rings (SSSR count). The third-order valence-corrected chi connectivity index (χ3v) is 12.2. The number of imidazole rings is 2. The number of aromatic nitrogens is 8. The lowest BCUT2D eigenvalue weighted by Crippen LogP contribution is -2.59. The monoisotopic (exact) mass is 920 g/mol. The number of carbonyl (C=O) groups excluding carboxylic acids is 2. The predicted molar refractivity (Wildman–Crippen MR) is 231 cm³/mol. The lowest BCUT2D eigenvalue weighted by Gasteiger charge is -2.48. The number of H-pyrrole nitrogens is 1. The van der Waals surface area contributed by atoms with Crippen molar-refractivity contribution in [3.05, 3.63) is 102 Å². The summed E-state index contributed by atoms with van der Waals surface area (Å²) in [6, 6.07) is 6.32. The van der Waals surface area contributed by atoms with Crippen LogP contribution in [0.4, 0.5) is 49.4 Å². The van der Waals surface area contributed by atoms with Crippen LogP contribution in [0.15, 0.2) is 73.6 Å². The molecule has 0 bridgehead atoms. The Morgan fingerprint density at radius 3 is 1.71 bits per heavy atom. The van der Waals surface area contributed by atoms with Crippen molar-refractivity contribution in [1.29, 1.82) is 0 Å². The van der Waals surface area contributed by atoms with E-state index in [0.29, 0.717) is 84.3 Å². The third-order valence-electron chi connectivity index (χ3n) is 12.0. The Morgan fingerprint density at radius 2 is 1.20 bits per heavy atom. The number of rotatable bonds is 7. The number of nitrogens with one attached hydrogen (secondary N) is 1. The van der Waals surface area contributed by atoms with Gasteiger partial charge in [0.05, 0.1) is 12.4 Å². The van der Waals surface area contributed by atoms with Gasteiger partial charge in [0.1, 0.15) is 47.5 Å². The number of hydrogen-bond donors (Lipinski definition) is 1. The maximum Gasteiger partial charge on any atom is 0.249 e. The number of anilines is 4. The molecule has 2 aromatic carbocycles. The van der Waals surface area contributed by atoms with E-state index in [2.05, 4.69) is 29.9 Å². The van der Waals surface area contributed by atoms with Crippen LogP contribution in [0, 0.1) is 23.3 Å². The summed E-state index contributed by atoms with van der Waals surface area (Å²) in [6.45, 7) is 3.86. The molecule has 14 nitrogen and oxygen atoms in total. The molecule has 0 unspecified atom stereocenters. The van der Waals surface area contributed by atoms with Crippen LogP contribution >= 0.6 is 11.6 Å². The molecule has 0 saturated heterocycles. The Labute approximate surface area is 374 Å². The van der Waals surface area contributed by atoms with Crippen molar-refractivity contribution in [2.24, 2.45) is 0 Å². The molecule has 2 fully saturated rings. The SMILES string of the molecule is CC[C@@H]1C(=O)N(C)c2cnc(-n3ccnc3-c3ccc(F)c(F)c3)nc2N1C1CC(F)C1.CC[C@@H]1C(=O)N(C)c2cnc(Cl)nc2N1C1CC(F)C1.Fc1ccc(-c2ncc[nH]2)cc1F. The number of amides is 2. The van der Waals surface area contributed by atoms with Gasteiger partial charge in [0.15, 0.2) is 34.9 Å². The maximum absolute atomic E-state index is 13.8. The normalized spacial score (nSPS) is 22.2. The zero-order valence-corrected chi connectivity index (χ0v) is 36.3. The molecule has 2 saturated carbocycles. The van der Waals surface area contributed by atoms with E-state index < -0.39 is 41.7 Å². The van der Waals surface area contributed by atoms with Gasteiger partial charge in [-0.1, -0.05) is 13.8 Å². The minimum Gasteiger partial charge on any atom is -0.345 e. The van der Waals surface area contributed by atoms with Crippen molar-refractivity contribution in [3.63, 3.8) is 0 Å². The highest BCUT2D eigenvalue weighted by molar-refractivity contribution is 6.28. The summed E-state index contributed by atoms with van der Waals surface area (Å²) in [5.41, 5.74) is 2.07. The molecule has 2 amide bonds. The Morgan fingerprint density at radius 1 is 0.677 bits per heavy atom. The van der Waals surface area contributed by atoms with E-state index in [1.165, 1.54) is 23.2 Å². The van der Waals surface area contributed by atoms with Crippen LogP contribution in [-0.4, -0.2) is 102 Å². The summed E-state index contributed by atoms with van der Waals surface area (Å²) >= 11 is 5.89. The Bertz CT molecular complexity index is 2700. The zero-order valence-electron chi connectivity index (χ0n) is 35.5. The molecule has 340 valence electrons. The van der Waals surface area contributed by atoms with E-state index in [-0.39, 0.29) is 41.2 Å². The minimum atomic E-state index is -0.980. The summed E-state index contributed by atoms with van der Waals surface area (Å²) in [4.78, 5) is 60.6. The standard InChI is InChI=1S/C22H21F3N6O.C13H16ClFN4O.C9H6F2N2/c1-3-17-21(32)29(2)18-11-27-22(28-20(18)31(17)14-9-13(23)10-14)30-7-6-26-19(30)12-4-5-15(24)16(25)8-12;1-3-9-12(20)18(2)10-6-16-13(14)17-11(10)19(9)8-4-7(15)5-8;10-7-2-1-6(5-8(7)11)9-12-3-4-13-9/h4-8,11,13-14,17H,3,9-10H2,1-2H3;6-9H,3-5H2,1-2H3;1-5H,(H,12,13)/t13?,14?,17-;7?,8?,9-;/m11./s1. The second-order valence-corrected chi connectivity index (χ2v) is 16.3.